The number of allylic oxidation sites excluding steroid dienone is 2. The SMILES string of the molecule is C/C=C\C(=O)c1cc(OC)c(OC)cc1C. The molecule has 0 aliphatic rings. The summed E-state index contributed by atoms with van der Waals surface area (Å²) in [6, 6.07) is 3.51. The van der Waals surface area contributed by atoms with Gasteiger partial charge in [0, 0.05) is 5.56 Å². The van der Waals surface area contributed by atoms with E-state index in [0.29, 0.717) is 17.1 Å². The van der Waals surface area contributed by atoms with Gasteiger partial charge >= 0.3 is 0 Å². The summed E-state index contributed by atoms with van der Waals surface area (Å²) in [6.45, 7) is 3.69. The van der Waals surface area contributed by atoms with Crippen LogP contribution in [-0.2, 0) is 0 Å². The van der Waals surface area contributed by atoms with Gasteiger partial charge in [0.25, 0.3) is 0 Å². The van der Waals surface area contributed by atoms with Crippen molar-refractivity contribution in [2.75, 3.05) is 14.2 Å². The Morgan fingerprint density at radius 1 is 1.19 bits per heavy atom. The first-order chi connectivity index (χ1) is 7.63. The molecule has 0 aromatic heterocycles. The summed E-state index contributed by atoms with van der Waals surface area (Å²) in [5, 5.41) is 0. The highest BCUT2D eigenvalue weighted by Crippen LogP contribution is 2.30. The van der Waals surface area contributed by atoms with E-state index in [1.807, 2.05) is 13.8 Å². The fraction of sp³-hybridized carbons (Fsp3) is 0.308. The monoisotopic (exact) mass is 220 g/mol. The number of carbonyl (C=O) groups is 1. The van der Waals surface area contributed by atoms with Crippen LogP contribution in [0.15, 0.2) is 24.3 Å². The molecule has 0 radical (unpaired) electrons. The molecule has 0 atom stereocenters. The normalized spacial score (nSPS) is 10.5. The number of ketones is 1. The molecule has 0 saturated heterocycles. The van der Waals surface area contributed by atoms with Gasteiger partial charge in [-0.25, -0.2) is 0 Å². The molecular formula is C13H16O3. The molecule has 3 nitrogen and oxygen atoms in total. The van der Waals surface area contributed by atoms with E-state index in [0.717, 1.165) is 5.56 Å². The minimum absolute atomic E-state index is 0.0269. The predicted octanol–water partition coefficient (Wildman–Crippen LogP) is 2.77. The second-order valence-electron chi connectivity index (χ2n) is 3.39. The van der Waals surface area contributed by atoms with Crippen molar-refractivity contribution in [3.05, 3.63) is 35.4 Å². The standard InChI is InChI=1S/C13H16O3/c1-5-6-11(14)10-8-13(16-4)12(15-3)7-9(10)2/h5-8H,1-4H3/b6-5-. The molecule has 86 valence electrons. The molecule has 16 heavy (non-hydrogen) atoms. The smallest absolute Gasteiger partial charge is 0.185 e. The molecule has 0 aliphatic heterocycles. The van der Waals surface area contributed by atoms with Crippen LogP contribution in [0, 0.1) is 6.92 Å². The van der Waals surface area contributed by atoms with Crippen molar-refractivity contribution in [2.45, 2.75) is 13.8 Å². The third-order valence-electron chi connectivity index (χ3n) is 2.31. The lowest BCUT2D eigenvalue weighted by molar-refractivity contribution is 0.104. The van der Waals surface area contributed by atoms with E-state index in [1.165, 1.54) is 6.08 Å². The Bertz CT molecular complexity index is 419. The Balaban J connectivity index is 3.26. The Kier molecular flexibility index (Phi) is 4.11. The Labute approximate surface area is 95.7 Å². The van der Waals surface area contributed by atoms with Gasteiger partial charge in [-0.2, -0.15) is 0 Å². The molecule has 1 aromatic rings. The number of rotatable bonds is 4. The van der Waals surface area contributed by atoms with Crippen LogP contribution in [0.2, 0.25) is 0 Å². The number of benzene rings is 1. The van der Waals surface area contributed by atoms with Gasteiger partial charge in [-0.05, 0) is 37.6 Å². The average molecular weight is 220 g/mol. The van der Waals surface area contributed by atoms with Crippen molar-refractivity contribution < 1.29 is 14.3 Å². The lowest BCUT2D eigenvalue weighted by Gasteiger charge is -2.10. The fourth-order valence-electron chi connectivity index (χ4n) is 1.49. The molecule has 0 spiro atoms. The fourth-order valence-corrected chi connectivity index (χ4v) is 1.49. The van der Waals surface area contributed by atoms with Crippen molar-refractivity contribution in [2.24, 2.45) is 0 Å². The summed E-state index contributed by atoms with van der Waals surface area (Å²) >= 11 is 0. The second kappa shape index (κ2) is 5.35. The van der Waals surface area contributed by atoms with Gasteiger partial charge in [-0.1, -0.05) is 6.08 Å². The van der Waals surface area contributed by atoms with Gasteiger partial charge in [0.1, 0.15) is 0 Å². The largest absolute Gasteiger partial charge is 0.493 e. The van der Waals surface area contributed by atoms with Gasteiger partial charge in [-0.15, -0.1) is 0 Å². The molecule has 0 amide bonds. The van der Waals surface area contributed by atoms with E-state index < -0.39 is 0 Å². The number of aryl methyl sites for hydroxylation is 1. The highest BCUT2D eigenvalue weighted by atomic mass is 16.5. The summed E-state index contributed by atoms with van der Waals surface area (Å²) < 4.78 is 10.3. The molecule has 0 fully saturated rings. The summed E-state index contributed by atoms with van der Waals surface area (Å²) in [5.74, 6) is 1.18. The van der Waals surface area contributed by atoms with Crippen LogP contribution >= 0.6 is 0 Å². The van der Waals surface area contributed by atoms with E-state index in [2.05, 4.69) is 0 Å². The van der Waals surface area contributed by atoms with E-state index >= 15 is 0 Å². The van der Waals surface area contributed by atoms with Crippen LogP contribution in [0.4, 0.5) is 0 Å². The van der Waals surface area contributed by atoms with Gasteiger partial charge in [0.05, 0.1) is 14.2 Å². The molecule has 1 aromatic carbocycles. The zero-order valence-corrected chi connectivity index (χ0v) is 10.0. The first-order valence-corrected chi connectivity index (χ1v) is 5.03. The third kappa shape index (κ3) is 2.42. The van der Waals surface area contributed by atoms with Crippen LogP contribution < -0.4 is 9.47 Å². The lowest BCUT2D eigenvalue weighted by Crippen LogP contribution is -2.00. The molecule has 1 rings (SSSR count). The maximum absolute atomic E-state index is 11.8. The van der Waals surface area contributed by atoms with Crippen molar-refractivity contribution in [3.8, 4) is 11.5 Å². The van der Waals surface area contributed by atoms with Crippen LogP contribution in [0.5, 0.6) is 11.5 Å². The van der Waals surface area contributed by atoms with E-state index in [9.17, 15) is 4.79 Å². The maximum Gasteiger partial charge on any atom is 0.185 e. The molecular weight excluding hydrogens is 204 g/mol. The first kappa shape index (κ1) is 12.3. The van der Waals surface area contributed by atoms with E-state index in [4.69, 9.17) is 9.47 Å². The molecule has 0 aliphatic carbocycles. The molecule has 0 unspecified atom stereocenters. The summed E-state index contributed by atoms with van der Waals surface area (Å²) in [5.41, 5.74) is 1.51. The number of carbonyl (C=O) groups excluding carboxylic acids is 1. The number of ether oxygens (including phenoxy) is 2. The first-order valence-electron chi connectivity index (χ1n) is 5.03. The van der Waals surface area contributed by atoms with Crippen molar-refractivity contribution in [1.29, 1.82) is 0 Å². The summed E-state index contributed by atoms with van der Waals surface area (Å²) in [6.07, 6.45) is 3.26. The van der Waals surface area contributed by atoms with Crippen LogP contribution in [0.25, 0.3) is 0 Å². The maximum atomic E-state index is 11.8. The van der Waals surface area contributed by atoms with Gasteiger partial charge < -0.3 is 9.47 Å². The molecule has 0 bridgehead atoms. The van der Waals surface area contributed by atoms with Crippen LogP contribution in [0.3, 0.4) is 0 Å². The van der Waals surface area contributed by atoms with Crippen molar-refractivity contribution >= 4 is 5.78 Å². The summed E-state index contributed by atoms with van der Waals surface area (Å²) in [4.78, 5) is 11.8. The zero-order chi connectivity index (χ0) is 12.1. The molecule has 3 heteroatoms. The highest BCUT2D eigenvalue weighted by molar-refractivity contribution is 6.06. The number of methoxy groups -OCH3 is 2. The number of hydrogen-bond acceptors (Lipinski definition) is 3. The number of hydrogen-bond donors (Lipinski definition) is 0. The van der Waals surface area contributed by atoms with Gasteiger partial charge in [0.2, 0.25) is 0 Å². The zero-order valence-electron chi connectivity index (χ0n) is 10.0. The molecule has 0 saturated carbocycles. The minimum Gasteiger partial charge on any atom is -0.493 e. The quantitative estimate of drug-likeness (QED) is 0.578. The Morgan fingerprint density at radius 3 is 2.25 bits per heavy atom. The van der Waals surface area contributed by atoms with Crippen LogP contribution in [-0.4, -0.2) is 20.0 Å². The van der Waals surface area contributed by atoms with Gasteiger partial charge in [-0.3, -0.25) is 4.79 Å². The van der Waals surface area contributed by atoms with Crippen molar-refractivity contribution in [1.82, 2.24) is 0 Å². The summed E-state index contributed by atoms with van der Waals surface area (Å²) in [7, 11) is 3.13. The third-order valence-corrected chi connectivity index (χ3v) is 2.31. The topological polar surface area (TPSA) is 35.5 Å². The Hall–Kier alpha value is -1.77. The van der Waals surface area contributed by atoms with E-state index in [1.54, 1.807) is 32.4 Å². The average Bonchev–Trinajstić information content (AvgIpc) is 2.28. The Morgan fingerprint density at radius 2 is 1.75 bits per heavy atom. The molecule has 0 N–H and O–H groups in total. The lowest BCUT2D eigenvalue weighted by atomic mass is 10.0. The van der Waals surface area contributed by atoms with Crippen molar-refractivity contribution in [3.63, 3.8) is 0 Å². The molecule has 0 heterocycles. The minimum atomic E-state index is -0.0269. The predicted molar refractivity (Wildman–Crippen MR) is 63.4 cm³/mol. The second-order valence-corrected chi connectivity index (χ2v) is 3.39. The van der Waals surface area contributed by atoms with E-state index in [-0.39, 0.29) is 5.78 Å². The van der Waals surface area contributed by atoms with Gasteiger partial charge in [0.15, 0.2) is 17.3 Å². The van der Waals surface area contributed by atoms with Crippen LogP contribution in [0.1, 0.15) is 22.8 Å². The highest BCUT2D eigenvalue weighted by Gasteiger charge is 2.12.